The summed E-state index contributed by atoms with van der Waals surface area (Å²) in [6.07, 6.45) is 0.152. The number of likely N-dealkylation sites (N-methyl/N-ethyl adjacent to an activating group) is 1. The number of nitrogens with zero attached hydrogens (tertiary/aromatic N) is 1. The zero-order valence-corrected chi connectivity index (χ0v) is 12.6. The largest absolute Gasteiger partial charge is 0.469 e. The molecule has 2 rings (SSSR count). The Bertz CT molecular complexity index is 684. The number of amides is 1. The minimum atomic E-state index is -3.71. The molecule has 0 bridgehead atoms. The lowest BCUT2D eigenvalue weighted by Gasteiger charge is -2.11. The van der Waals surface area contributed by atoms with Crippen LogP contribution in [0.3, 0.4) is 0 Å². The van der Waals surface area contributed by atoms with Crippen molar-refractivity contribution in [3.63, 3.8) is 0 Å². The molecule has 0 unspecified atom stereocenters. The van der Waals surface area contributed by atoms with Gasteiger partial charge in [-0.3, -0.25) is 9.59 Å². The number of esters is 1. The number of benzene rings is 1. The number of ether oxygens (including phenoxy) is 1. The van der Waals surface area contributed by atoms with Crippen molar-refractivity contribution in [3.8, 4) is 0 Å². The highest BCUT2D eigenvalue weighted by atomic mass is 32.2. The molecule has 8 heteroatoms. The van der Waals surface area contributed by atoms with Crippen LogP contribution in [0, 0.1) is 0 Å². The fourth-order valence-corrected chi connectivity index (χ4v) is 3.17. The first-order chi connectivity index (χ1) is 9.85. The van der Waals surface area contributed by atoms with Crippen LogP contribution in [-0.2, 0) is 30.8 Å². The predicted molar refractivity (Wildman–Crippen MR) is 75.4 cm³/mol. The van der Waals surface area contributed by atoms with Crippen LogP contribution in [0.2, 0.25) is 0 Å². The van der Waals surface area contributed by atoms with Gasteiger partial charge in [-0.15, -0.1) is 0 Å². The SMILES string of the molecule is COC(=O)CCNS(=O)(=O)c1ccc2c(c1)CC(=O)N2C. The molecule has 0 aliphatic carbocycles. The van der Waals surface area contributed by atoms with E-state index in [0.717, 1.165) is 0 Å². The van der Waals surface area contributed by atoms with Crippen LogP contribution < -0.4 is 9.62 Å². The van der Waals surface area contributed by atoms with Gasteiger partial charge in [0, 0.05) is 19.3 Å². The molecule has 1 amide bonds. The number of fused-ring (bicyclic) bond motifs is 1. The Balaban J connectivity index is 2.13. The van der Waals surface area contributed by atoms with E-state index in [4.69, 9.17) is 0 Å². The molecule has 1 N–H and O–H groups in total. The second-order valence-corrected chi connectivity index (χ2v) is 6.41. The molecule has 0 fully saturated rings. The number of nitrogens with one attached hydrogen (secondary N) is 1. The van der Waals surface area contributed by atoms with E-state index < -0.39 is 16.0 Å². The minimum absolute atomic E-state index is 0.0368. The summed E-state index contributed by atoms with van der Waals surface area (Å²) in [6.45, 7) is -0.0368. The summed E-state index contributed by atoms with van der Waals surface area (Å²) >= 11 is 0. The number of hydrogen-bond donors (Lipinski definition) is 1. The van der Waals surface area contributed by atoms with Gasteiger partial charge >= 0.3 is 5.97 Å². The summed E-state index contributed by atoms with van der Waals surface area (Å²) in [7, 11) is -0.818. The van der Waals surface area contributed by atoms with Crippen LogP contribution in [0.25, 0.3) is 0 Å². The van der Waals surface area contributed by atoms with Gasteiger partial charge < -0.3 is 9.64 Å². The van der Waals surface area contributed by atoms with Gasteiger partial charge in [0.15, 0.2) is 0 Å². The molecule has 21 heavy (non-hydrogen) atoms. The zero-order chi connectivity index (χ0) is 15.6. The fourth-order valence-electron chi connectivity index (χ4n) is 2.09. The van der Waals surface area contributed by atoms with Gasteiger partial charge in [0.25, 0.3) is 0 Å². The molecule has 0 atom stereocenters. The van der Waals surface area contributed by atoms with Gasteiger partial charge in [0.1, 0.15) is 0 Å². The number of anilines is 1. The third kappa shape index (κ3) is 3.22. The van der Waals surface area contributed by atoms with Crippen molar-refractivity contribution in [2.24, 2.45) is 0 Å². The second kappa shape index (κ2) is 5.82. The molecule has 114 valence electrons. The Hall–Kier alpha value is -1.93. The summed E-state index contributed by atoms with van der Waals surface area (Å²) in [5, 5.41) is 0. The lowest BCUT2D eigenvalue weighted by atomic mass is 10.2. The number of sulfonamides is 1. The van der Waals surface area contributed by atoms with Gasteiger partial charge in [-0.1, -0.05) is 0 Å². The summed E-state index contributed by atoms with van der Waals surface area (Å²) in [4.78, 5) is 24.1. The normalized spacial score (nSPS) is 14.2. The van der Waals surface area contributed by atoms with Crippen molar-refractivity contribution in [2.45, 2.75) is 17.7 Å². The molecule has 1 aromatic rings. The number of hydrogen-bond acceptors (Lipinski definition) is 5. The van der Waals surface area contributed by atoms with E-state index in [0.29, 0.717) is 11.3 Å². The van der Waals surface area contributed by atoms with Gasteiger partial charge in [-0.05, 0) is 23.8 Å². The molecule has 0 saturated carbocycles. The van der Waals surface area contributed by atoms with Crippen molar-refractivity contribution in [1.82, 2.24) is 4.72 Å². The van der Waals surface area contributed by atoms with Crippen molar-refractivity contribution >= 4 is 27.6 Å². The van der Waals surface area contributed by atoms with E-state index in [1.165, 1.54) is 24.1 Å². The quantitative estimate of drug-likeness (QED) is 0.775. The second-order valence-electron chi connectivity index (χ2n) is 4.64. The van der Waals surface area contributed by atoms with E-state index in [2.05, 4.69) is 9.46 Å². The molecule has 1 aromatic carbocycles. The van der Waals surface area contributed by atoms with Crippen LogP contribution in [0.4, 0.5) is 5.69 Å². The van der Waals surface area contributed by atoms with Crippen LogP contribution in [0.15, 0.2) is 23.1 Å². The Morgan fingerprint density at radius 3 is 2.81 bits per heavy atom. The Morgan fingerprint density at radius 1 is 1.43 bits per heavy atom. The Morgan fingerprint density at radius 2 is 2.14 bits per heavy atom. The maximum atomic E-state index is 12.1. The van der Waals surface area contributed by atoms with Crippen molar-refractivity contribution in [2.75, 3.05) is 25.6 Å². The first-order valence-electron chi connectivity index (χ1n) is 6.31. The average Bonchev–Trinajstić information content (AvgIpc) is 2.73. The number of carbonyl (C=O) groups is 2. The minimum Gasteiger partial charge on any atom is -0.469 e. The third-order valence-electron chi connectivity index (χ3n) is 3.29. The lowest BCUT2D eigenvalue weighted by molar-refractivity contribution is -0.140. The molecule has 1 heterocycles. The summed E-state index contributed by atoms with van der Waals surface area (Å²) in [5.74, 6) is -0.558. The van der Waals surface area contributed by atoms with E-state index in [9.17, 15) is 18.0 Å². The number of methoxy groups -OCH3 is 1. The van der Waals surface area contributed by atoms with Crippen LogP contribution in [-0.4, -0.2) is 41.0 Å². The third-order valence-corrected chi connectivity index (χ3v) is 4.75. The van der Waals surface area contributed by atoms with Gasteiger partial charge in [0.05, 0.1) is 24.8 Å². The van der Waals surface area contributed by atoms with Crippen LogP contribution in [0.1, 0.15) is 12.0 Å². The summed E-state index contributed by atoms with van der Waals surface area (Å²) in [5.41, 5.74) is 1.40. The van der Waals surface area contributed by atoms with Crippen molar-refractivity contribution in [1.29, 1.82) is 0 Å². The van der Waals surface area contributed by atoms with Crippen LogP contribution >= 0.6 is 0 Å². The van der Waals surface area contributed by atoms with Gasteiger partial charge in [-0.2, -0.15) is 0 Å². The Kier molecular flexibility index (Phi) is 4.29. The summed E-state index contributed by atoms with van der Waals surface area (Å²) in [6, 6.07) is 4.53. The highest BCUT2D eigenvalue weighted by Gasteiger charge is 2.26. The average molecular weight is 312 g/mol. The maximum absolute atomic E-state index is 12.1. The summed E-state index contributed by atoms with van der Waals surface area (Å²) < 4.78 is 31.0. The number of carbonyl (C=O) groups excluding carboxylic acids is 2. The first kappa shape index (κ1) is 15.5. The van der Waals surface area contributed by atoms with Crippen LogP contribution in [0.5, 0.6) is 0 Å². The molecule has 0 radical (unpaired) electrons. The fraction of sp³-hybridized carbons (Fsp3) is 0.385. The van der Waals surface area contributed by atoms with E-state index in [1.54, 1.807) is 13.1 Å². The highest BCUT2D eigenvalue weighted by molar-refractivity contribution is 7.89. The molecule has 1 aliphatic rings. The standard InChI is InChI=1S/C13H16N2O5S/c1-15-11-4-3-10(7-9(11)8-12(15)16)21(18,19)14-6-5-13(17)20-2/h3-4,7,14H,5-6,8H2,1-2H3. The van der Waals surface area contributed by atoms with E-state index in [1.807, 2.05) is 0 Å². The smallest absolute Gasteiger partial charge is 0.306 e. The van der Waals surface area contributed by atoms with Crippen molar-refractivity contribution in [3.05, 3.63) is 23.8 Å². The van der Waals surface area contributed by atoms with E-state index in [-0.39, 0.29) is 30.2 Å². The predicted octanol–water partition coefficient (Wildman–Crippen LogP) is 0.0469. The molecule has 0 aromatic heterocycles. The molecule has 0 saturated heterocycles. The number of rotatable bonds is 5. The zero-order valence-electron chi connectivity index (χ0n) is 11.8. The molecular formula is C13H16N2O5S. The topological polar surface area (TPSA) is 92.8 Å². The van der Waals surface area contributed by atoms with E-state index >= 15 is 0 Å². The van der Waals surface area contributed by atoms with Crippen molar-refractivity contribution < 1.29 is 22.7 Å². The molecule has 1 aliphatic heterocycles. The van der Waals surface area contributed by atoms with Gasteiger partial charge in [0.2, 0.25) is 15.9 Å². The monoisotopic (exact) mass is 312 g/mol. The maximum Gasteiger partial charge on any atom is 0.306 e. The molecule has 0 spiro atoms. The highest BCUT2D eigenvalue weighted by Crippen LogP contribution is 2.29. The molecule has 7 nitrogen and oxygen atoms in total. The first-order valence-corrected chi connectivity index (χ1v) is 7.79. The Labute approximate surface area is 122 Å². The lowest BCUT2D eigenvalue weighted by Crippen LogP contribution is -2.26. The van der Waals surface area contributed by atoms with Gasteiger partial charge in [-0.25, -0.2) is 13.1 Å². The molecular weight excluding hydrogens is 296 g/mol.